The van der Waals surface area contributed by atoms with E-state index in [-0.39, 0.29) is 17.7 Å². The third-order valence-corrected chi connectivity index (χ3v) is 6.65. The number of rotatable bonds is 4. The number of amides is 2. The largest absolute Gasteiger partial charge is 0.339 e. The summed E-state index contributed by atoms with van der Waals surface area (Å²) in [4.78, 5) is 33.5. The van der Waals surface area contributed by atoms with E-state index in [1.54, 1.807) is 11.8 Å². The van der Waals surface area contributed by atoms with Gasteiger partial charge in [0, 0.05) is 54.9 Å². The SMILES string of the molecule is CC(C)C(=O)N1CCN(C(=O)CCN2c3ccccc3Sc3ccccc32)CC1. The number of fused-ring (bicyclic) bond motifs is 2. The number of benzene rings is 2. The summed E-state index contributed by atoms with van der Waals surface area (Å²) in [5.41, 5.74) is 2.33. The number of carbonyl (C=O) groups is 2. The summed E-state index contributed by atoms with van der Waals surface area (Å²) in [6, 6.07) is 16.7. The van der Waals surface area contributed by atoms with Crippen LogP contribution in [0.15, 0.2) is 58.3 Å². The van der Waals surface area contributed by atoms with Gasteiger partial charge in [0.15, 0.2) is 0 Å². The highest BCUT2D eigenvalue weighted by molar-refractivity contribution is 7.99. The molecule has 2 aromatic carbocycles. The normalized spacial score (nSPS) is 15.9. The molecular weight excluding hydrogens is 382 g/mol. The summed E-state index contributed by atoms with van der Waals surface area (Å²) in [7, 11) is 0. The van der Waals surface area contributed by atoms with E-state index in [4.69, 9.17) is 0 Å². The van der Waals surface area contributed by atoms with Crippen LogP contribution in [0, 0.1) is 5.92 Å². The summed E-state index contributed by atoms with van der Waals surface area (Å²) in [5, 5.41) is 0. The van der Waals surface area contributed by atoms with Crippen LogP contribution in [-0.4, -0.2) is 54.3 Å². The first-order valence-electron chi connectivity index (χ1n) is 10.2. The molecule has 4 rings (SSSR count). The number of hydrogen-bond acceptors (Lipinski definition) is 4. The van der Waals surface area contributed by atoms with Crippen LogP contribution >= 0.6 is 11.8 Å². The highest BCUT2D eigenvalue weighted by Crippen LogP contribution is 2.47. The molecule has 2 aliphatic rings. The molecule has 0 N–H and O–H groups in total. The molecule has 2 aliphatic heterocycles. The van der Waals surface area contributed by atoms with Crippen LogP contribution in [0.3, 0.4) is 0 Å². The average Bonchev–Trinajstić information content (AvgIpc) is 2.76. The Labute approximate surface area is 176 Å². The van der Waals surface area contributed by atoms with Crippen LogP contribution in [0.1, 0.15) is 20.3 Å². The fourth-order valence-corrected chi connectivity index (χ4v) is 5.02. The van der Waals surface area contributed by atoms with Crippen LogP contribution in [0.4, 0.5) is 11.4 Å². The zero-order valence-corrected chi connectivity index (χ0v) is 17.8. The van der Waals surface area contributed by atoms with Crippen LogP contribution in [0.2, 0.25) is 0 Å². The molecule has 5 nitrogen and oxygen atoms in total. The van der Waals surface area contributed by atoms with Crippen molar-refractivity contribution in [1.29, 1.82) is 0 Å². The summed E-state index contributed by atoms with van der Waals surface area (Å²) < 4.78 is 0. The van der Waals surface area contributed by atoms with E-state index >= 15 is 0 Å². The second-order valence-corrected chi connectivity index (χ2v) is 8.88. The lowest BCUT2D eigenvalue weighted by Gasteiger charge is -2.36. The number of carbonyl (C=O) groups excluding carboxylic acids is 2. The molecule has 0 radical (unpaired) electrons. The van der Waals surface area contributed by atoms with Crippen LogP contribution in [-0.2, 0) is 9.59 Å². The predicted octanol–water partition coefficient (Wildman–Crippen LogP) is 4.01. The molecule has 29 heavy (non-hydrogen) atoms. The van der Waals surface area contributed by atoms with Crippen molar-refractivity contribution in [2.75, 3.05) is 37.6 Å². The highest BCUT2D eigenvalue weighted by Gasteiger charge is 2.27. The van der Waals surface area contributed by atoms with Gasteiger partial charge >= 0.3 is 0 Å². The van der Waals surface area contributed by atoms with Crippen molar-refractivity contribution in [2.24, 2.45) is 5.92 Å². The van der Waals surface area contributed by atoms with Crippen molar-refractivity contribution in [3.05, 3.63) is 48.5 Å². The predicted molar refractivity (Wildman–Crippen MR) is 117 cm³/mol. The number of hydrogen-bond donors (Lipinski definition) is 0. The Balaban J connectivity index is 1.41. The Morgan fingerprint density at radius 3 is 1.93 bits per heavy atom. The minimum Gasteiger partial charge on any atom is -0.339 e. The first kappa shape index (κ1) is 19.8. The molecule has 0 saturated carbocycles. The lowest BCUT2D eigenvalue weighted by atomic mass is 10.1. The van der Waals surface area contributed by atoms with Gasteiger partial charge in [-0.1, -0.05) is 49.9 Å². The van der Waals surface area contributed by atoms with E-state index in [9.17, 15) is 9.59 Å². The van der Waals surface area contributed by atoms with Crippen molar-refractivity contribution in [1.82, 2.24) is 9.80 Å². The maximum Gasteiger partial charge on any atom is 0.225 e. The fraction of sp³-hybridized carbons (Fsp3) is 0.391. The topological polar surface area (TPSA) is 43.9 Å². The van der Waals surface area contributed by atoms with Crippen molar-refractivity contribution in [3.63, 3.8) is 0 Å². The molecule has 0 atom stereocenters. The molecular formula is C23H27N3O2S. The third kappa shape index (κ3) is 4.13. The molecule has 0 aliphatic carbocycles. The Bertz CT molecular complexity index is 861. The molecule has 0 bridgehead atoms. The zero-order valence-electron chi connectivity index (χ0n) is 17.0. The van der Waals surface area contributed by atoms with Crippen LogP contribution < -0.4 is 4.90 Å². The number of anilines is 2. The monoisotopic (exact) mass is 409 g/mol. The Morgan fingerprint density at radius 2 is 1.38 bits per heavy atom. The van der Waals surface area contributed by atoms with E-state index < -0.39 is 0 Å². The molecule has 0 unspecified atom stereocenters. The van der Waals surface area contributed by atoms with Crippen molar-refractivity contribution in [3.8, 4) is 0 Å². The minimum absolute atomic E-state index is 0.00867. The lowest BCUT2D eigenvalue weighted by Crippen LogP contribution is -2.51. The van der Waals surface area contributed by atoms with Gasteiger partial charge in [-0.3, -0.25) is 9.59 Å². The van der Waals surface area contributed by atoms with Gasteiger partial charge in [-0.25, -0.2) is 0 Å². The maximum atomic E-state index is 12.9. The fourth-order valence-electron chi connectivity index (χ4n) is 3.93. The van der Waals surface area contributed by atoms with Gasteiger partial charge < -0.3 is 14.7 Å². The Kier molecular flexibility index (Phi) is 5.81. The van der Waals surface area contributed by atoms with Crippen LogP contribution in [0.25, 0.3) is 0 Å². The number of piperazine rings is 1. The van der Waals surface area contributed by atoms with Gasteiger partial charge in [0.05, 0.1) is 11.4 Å². The van der Waals surface area contributed by atoms with E-state index in [0.717, 1.165) is 11.4 Å². The minimum atomic E-state index is 0.00867. The summed E-state index contributed by atoms with van der Waals surface area (Å²) in [5.74, 6) is 0.348. The van der Waals surface area contributed by atoms with Gasteiger partial charge in [0.25, 0.3) is 0 Å². The van der Waals surface area contributed by atoms with Crippen molar-refractivity contribution in [2.45, 2.75) is 30.1 Å². The summed E-state index contributed by atoms with van der Waals surface area (Å²) in [6.45, 7) is 7.02. The first-order valence-corrected chi connectivity index (χ1v) is 11.1. The van der Waals surface area contributed by atoms with Gasteiger partial charge in [0.1, 0.15) is 0 Å². The molecule has 6 heteroatoms. The first-order chi connectivity index (χ1) is 14.0. The van der Waals surface area contributed by atoms with E-state index in [2.05, 4.69) is 41.3 Å². The van der Waals surface area contributed by atoms with Gasteiger partial charge in [-0.2, -0.15) is 0 Å². The van der Waals surface area contributed by atoms with Gasteiger partial charge in [0.2, 0.25) is 11.8 Å². The maximum absolute atomic E-state index is 12.9. The molecule has 0 spiro atoms. The van der Waals surface area contributed by atoms with E-state index in [1.165, 1.54) is 9.79 Å². The Morgan fingerprint density at radius 1 is 0.862 bits per heavy atom. The molecule has 1 fully saturated rings. The quantitative estimate of drug-likeness (QED) is 0.765. The second kappa shape index (κ2) is 8.49. The van der Waals surface area contributed by atoms with E-state index in [0.29, 0.717) is 39.1 Å². The average molecular weight is 410 g/mol. The molecule has 1 saturated heterocycles. The third-order valence-electron chi connectivity index (χ3n) is 5.52. The summed E-state index contributed by atoms with van der Waals surface area (Å²) in [6.07, 6.45) is 0.464. The Hall–Kier alpha value is -2.47. The van der Waals surface area contributed by atoms with Gasteiger partial charge in [-0.05, 0) is 24.3 Å². The smallest absolute Gasteiger partial charge is 0.225 e. The molecule has 152 valence electrons. The van der Waals surface area contributed by atoms with Crippen LogP contribution in [0.5, 0.6) is 0 Å². The number of para-hydroxylation sites is 2. The van der Waals surface area contributed by atoms with Crippen molar-refractivity contribution < 1.29 is 9.59 Å². The van der Waals surface area contributed by atoms with Gasteiger partial charge in [-0.15, -0.1) is 0 Å². The highest BCUT2D eigenvalue weighted by atomic mass is 32.2. The van der Waals surface area contributed by atoms with E-state index in [1.807, 2.05) is 35.8 Å². The zero-order chi connectivity index (χ0) is 20.4. The number of nitrogens with zero attached hydrogens (tertiary/aromatic N) is 3. The standard InChI is InChI=1S/C23H27N3O2S/c1-17(2)23(28)25-15-13-24(14-16-25)22(27)11-12-26-18-7-3-5-9-20(18)29-21-10-6-4-8-19(21)26/h3-10,17H,11-16H2,1-2H3. The lowest BCUT2D eigenvalue weighted by molar-refractivity contribution is -0.141. The molecule has 2 aromatic rings. The molecule has 0 aromatic heterocycles. The van der Waals surface area contributed by atoms with Crippen molar-refractivity contribution >= 4 is 35.0 Å². The summed E-state index contributed by atoms with van der Waals surface area (Å²) >= 11 is 1.78. The molecule has 2 amide bonds. The second-order valence-electron chi connectivity index (χ2n) is 7.80. The molecule has 2 heterocycles.